The van der Waals surface area contributed by atoms with Crippen molar-refractivity contribution in [3.8, 4) is 11.5 Å². The molecule has 2 aromatic rings. The lowest BCUT2D eigenvalue weighted by Gasteiger charge is -2.22. The Kier molecular flexibility index (Phi) is 8.88. The zero-order valence-corrected chi connectivity index (χ0v) is 19.7. The van der Waals surface area contributed by atoms with E-state index in [-0.39, 0.29) is 25.0 Å². The second-order valence-corrected chi connectivity index (χ2v) is 9.36. The number of benzene rings is 2. The van der Waals surface area contributed by atoms with Gasteiger partial charge in [-0.2, -0.15) is 4.31 Å². The molecule has 0 bridgehead atoms. The van der Waals surface area contributed by atoms with Crippen molar-refractivity contribution in [1.82, 2.24) is 9.62 Å². The number of sulfonamides is 1. The number of ether oxygens (including phenoxy) is 2. The monoisotopic (exact) mass is 448 g/mol. The highest BCUT2D eigenvalue weighted by Crippen LogP contribution is 2.30. The summed E-state index contributed by atoms with van der Waals surface area (Å²) < 4.78 is 36.8. The standard InChI is InChI=1S/C23H32N2O5S/c1-6-29-21-13-12-20(14-22(21)30-7-2)18(4)24-23(26)16-25(31(5,27)28)15-19-10-8-17(3)9-11-19/h8-14,18H,6-7,15-16H2,1-5H3,(H,24,26)/t18-/m1/s1. The van der Waals surface area contributed by atoms with Crippen molar-refractivity contribution in [1.29, 1.82) is 0 Å². The number of carbonyl (C=O) groups excluding carboxylic acids is 1. The molecule has 0 saturated carbocycles. The molecule has 1 amide bonds. The first-order valence-electron chi connectivity index (χ1n) is 10.3. The minimum Gasteiger partial charge on any atom is -0.490 e. The van der Waals surface area contributed by atoms with Gasteiger partial charge < -0.3 is 14.8 Å². The highest BCUT2D eigenvalue weighted by atomic mass is 32.2. The maximum atomic E-state index is 12.6. The number of amides is 1. The predicted octanol–water partition coefficient (Wildman–Crippen LogP) is 3.43. The summed E-state index contributed by atoms with van der Waals surface area (Å²) in [5.74, 6) is 0.880. The predicted molar refractivity (Wildman–Crippen MR) is 122 cm³/mol. The third kappa shape index (κ3) is 7.56. The maximum absolute atomic E-state index is 12.6. The van der Waals surface area contributed by atoms with Gasteiger partial charge in [0.25, 0.3) is 0 Å². The summed E-state index contributed by atoms with van der Waals surface area (Å²) in [7, 11) is -3.56. The summed E-state index contributed by atoms with van der Waals surface area (Å²) in [5, 5.41) is 2.87. The molecule has 0 spiro atoms. The number of rotatable bonds is 11. The van der Waals surface area contributed by atoms with Crippen LogP contribution in [-0.4, -0.2) is 44.6 Å². The lowest BCUT2D eigenvalue weighted by atomic mass is 10.1. The molecule has 0 unspecified atom stereocenters. The molecule has 1 N–H and O–H groups in total. The van der Waals surface area contributed by atoms with E-state index in [2.05, 4.69) is 5.32 Å². The molecule has 2 rings (SSSR count). The van der Waals surface area contributed by atoms with Crippen LogP contribution in [0.4, 0.5) is 0 Å². The summed E-state index contributed by atoms with van der Waals surface area (Å²) in [4.78, 5) is 12.6. The first-order chi connectivity index (χ1) is 14.6. The molecule has 0 fully saturated rings. The summed E-state index contributed by atoms with van der Waals surface area (Å²) in [6.07, 6.45) is 1.11. The van der Waals surface area contributed by atoms with Gasteiger partial charge in [0, 0.05) is 6.54 Å². The Bertz CT molecular complexity index is 974. The van der Waals surface area contributed by atoms with E-state index in [1.165, 1.54) is 4.31 Å². The first-order valence-corrected chi connectivity index (χ1v) is 12.2. The molecule has 0 aliphatic rings. The van der Waals surface area contributed by atoms with E-state index in [1.54, 1.807) is 0 Å². The highest BCUT2D eigenvalue weighted by molar-refractivity contribution is 7.88. The van der Waals surface area contributed by atoms with E-state index in [0.717, 1.165) is 22.9 Å². The molecule has 0 aromatic heterocycles. The Balaban J connectivity index is 2.09. The van der Waals surface area contributed by atoms with E-state index >= 15 is 0 Å². The van der Waals surface area contributed by atoms with Crippen LogP contribution in [-0.2, 0) is 21.4 Å². The quantitative estimate of drug-likeness (QED) is 0.569. The third-order valence-electron chi connectivity index (χ3n) is 4.71. The molecule has 0 saturated heterocycles. The number of nitrogens with zero attached hydrogens (tertiary/aromatic N) is 1. The van der Waals surface area contributed by atoms with Crippen molar-refractivity contribution in [3.63, 3.8) is 0 Å². The first kappa shape index (κ1) is 24.7. The van der Waals surface area contributed by atoms with Gasteiger partial charge >= 0.3 is 0 Å². The zero-order chi connectivity index (χ0) is 23.0. The van der Waals surface area contributed by atoms with Crippen molar-refractivity contribution >= 4 is 15.9 Å². The van der Waals surface area contributed by atoms with Crippen LogP contribution < -0.4 is 14.8 Å². The summed E-state index contributed by atoms with van der Waals surface area (Å²) in [6, 6.07) is 12.7. The second kappa shape index (κ2) is 11.2. The van der Waals surface area contributed by atoms with Crippen LogP contribution in [0.25, 0.3) is 0 Å². The van der Waals surface area contributed by atoms with Gasteiger partial charge in [-0.1, -0.05) is 35.9 Å². The Morgan fingerprint density at radius 1 is 1.03 bits per heavy atom. The molecular weight excluding hydrogens is 416 g/mol. The molecule has 1 atom stereocenters. The van der Waals surface area contributed by atoms with Gasteiger partial charge in [-0.05, 0) is 51.0 Å². The van der Waals surface area contributed by atoms with Crippen LogP contribution in [0.3, 0.4) is 0 Å². The minimum absolute atomic E-state index is 0.137. The van der Waals surface area contributed by atoms with Crippen molar-refractivity contribution in [2.75, 3.05) is 26.0 Å². The van der Waals surface area contributed by atoms with Crippen LogP contribution >= 0.6 is 0 Å². The summed E-state index contributed by atoms with van der Waals surface area (Å²) >= 11 is 0. The molecule has 2 aromatic carbocycles. The topological polar surface area (TPSA) is 84.9 Å². The maximum Gasteiger partial charge on any atom is 0.235 e. The molecule has 0 aliphatic carbocycles. The van der Waals surface area contributed by atoms with Gasteiger partial charge in [-0.25, -0.2) is 8.42 Å². The van der Waals surface area contributed by atoms with Gasteiger partial charge in [-0.3, -0.25) is 4.79 Å². The summed E-state index contributed by atoms with van der Waals surface area (Å²) in [6.45, 7) is 8.49. The SMILES string of the molecule is CCOc1ccc([C@@H](C)NC(=O)CN(Cc2ccc(C)cc2)S(C)(=O)=O)cc1OCC. The van der Waals surface area contributed by atoms with Crippen LogP contribution in [0.2, 0.25) is 0 Å². The lowest BCUT2D eigenvalue weighted by molar-refractivity contribution is -0.122. The number of hydrogen-bond acceptors (Lipinski definition) is 5. The largest absolute Gasteiger partial charge is 0.490 e. The highest BCUT2D eigenvalue weighted by Gasteiger charge is 2.22. The fourth-order valence-corrected chi connectivity index (χ4v) is 3.79. The van der Waals surface area contributed by atoms with Gasteiger partial charge in [0.2, 0.25) is 15.9 Å². The van der Waals surface area contributed by atoms with Gasteiger partial charge in [-0.15, -0.1) is 0 Å². The van der Waals surface area contributed by atoms with Crippen LogP contribution in [0.1, 0.15) is 43.5 Å². The fourth-order valence-electron chi connectivity index (χ4n) is 3.06. The fraction of sp³-hybridized carbons (Fsp3) is 0.435. The van der Waals surface area contributed by atoms with Crippen molar-refractivity contribution in [3.05, 3.63) is 59.2 Å². The average molecular weight is 449 g/mol. The van der Waals surface area contributed by atoms with Crippen molar-refractivity contribution in [2.24, 2.45) is 0 Å². The van der Waals surface area contributed by atoms with E-state index in [0.29, 0.717) is 24.7 Å². The summed E-state index contributed by atoms with van der Waals surface area (Å²) in [5.41, 5.74) is 2.75. The Hall–Kier alpha value is -2.58. The molecule has 0 radical (unpaired) electrons. The second-order valence-electron chi connectivity index (χ2n) is 7.38. The zero-order valence-electron chi connectivity index (χ0n) is 18.8. The van der Waals surface area contributed by atoms with Crippen LogP contribution in [0.5, 0.6) is 11.5 Å². The Morgan fingerprint density at radius 3 is 2.23 bits per heavy atom. The minimum atomic E-state index is -3.56. The molecule has 0 heterocycles. The Morgan fingerprint density at radius 2 is 1.65 bits per heavy atom. The van der Waals surface area contributed by atoms with Crippen LogP contribution in [0, 0.1) is 6.92 Å². The van der Waals surface area contributed by atoms with E-state index in [9.17, 15) is 13.2 Å². The molecule has 31 heavy (non-hydrogen) atoms. The smallest absolute Gasteiger partial charge is 0.235 e. The van der Waals surface area contributed by atoms with Crippen molar-refractivity contribution in [2.45, 2.75) is 40.3 Å². The van der Waals surface area contributed by atoms with E-state index in [1.807, 2.05) is 70.2 Å². The molecule has 7 nitrogen and oxygen atoms in total. The molecular formula is C23H32N2O5S. The number of carbonyl (C=O) groups is 1. The Labute approximate surface area is 185 Å². The molecule has 170 valence electrons. The van der Waals surface area contributed by atoms with Gasteiger partial charge in [0.05, 0.1) is 32.1 Å². The molecule has 8 heteroatoms. The van der Waals surface area contributed by atoms with Crippen molar-refractivity contribution < 1.29 is 22.7 Å². The third-order valence-corrected chi connectivity index (χ3v) is 5.91. The number of nitrogens with one attached hydrogen (secondary N) is 1. The number of hydrogen-bond donors (Lipinski definition) is 1. The van der Waals surface area contributed by atoms with Gasteiger partial charge in [0.15, 0.2) is 11.5 Å². The average Bonchev–Trinajstić information content (AvgIpc) is 2.70. The van der Waals surface area contributed by atoms with Gasteiger partial charge in [0.1, 0.15) is 0 Å². The van der Waals surface area contributed by atoms with Crippen LogP contribution in [0.15, 0.2) is 42.5 Å². The van der Waals surface area contributed by atoms with E-state index in [4.69, 9.17) is 9.47 Å². The molecule has 0 aliphatic heterocycles. The lowest BCUT2D eigenvalue weighted by Crippen LogP contribution is -2.40. The number of aryl methyl sites for hydroxylation is 1. The normalized spacial score (nSPS) is 12.5. The van der Waals surface area contributed by atoms with E-state index < -0.39 is 10.0 Å².